The quantitative estimate of drug-likeness (QED) is 0.151. The van der Waals surface area contributed by atoms with E-state index in [0.29, 0.717) is 0 Å². The Labute approximate surface area is 379 Å². The monoisotopic (exact) mass is 829 g/mol. The molecule has 1 heterocycles. The van der Waals surface area contributed by atoms with Gasteiger partial charge in [-0.15, -0.1) is 0 Å². The maximum atomic E-state index is 6.98. The summed E-state index contributed by atoms with van der Waals surface area (Å²) >= 11 is 0. The highest BCUT2D eigenvalue weighted by Crippen LogP contribution is 2.53. The summed E-state index contributed by atoms with van der Waals surface area (Å²) in [5.74, 6) is 1.64. The van der Waals surface area contributed by atoms with Gasteiger partial charge in [0.05, 0.1) is 0 Å². The molecule has 0 radical (unpaired) electrons. The van der Waals surface area contributed by atoms with Gasteiger partial charge >= 0.3 is 0 Å². The van der Waals surface area contributed by atoms with E-state index in [1.807, 2.05) is 0 Å². The molecule has 0 spiro atoms. The van der Waals surface area contributed by atoms with Crippen molar-refractivity contribution >= 4 is 38.6 Å². The molecule has 0 aromatic heterocycles. The molecule has 11 aromatic rings. The lowest BCUT2D eigenvalue weighted by Gasteiger charge is -2.32. The van der Waals surface area contributed by atoms with Gasteiger partial charge < -0.3 is 9.64 Å². The van der Waals surface area contributed by atoms with E-state index in [9.17, 15) is 0 Å². The van der Waals surface area contributed by atoms with Crippen LogP contribution in [0.15, 0.2) is 255 Å². The highest BCUT2D eigenvalue weighted by Gasteiger charge is 2.33. The van der Waals surface area contributed by atoms with E-state index < -0.39 is 0 Å². The summed E-state index contributed by atoms with van der Waals surface area (Å²) in [6.45, 7) is 0. The van der Waals surface area contributed by atoms with Gasteiger partial charge in [0.1, 0.15) is 11.5 Å². The van der Waals surface area contributed by atoms with Crippen LogP contribution in [0.25, 0.3) is 66.1 Å². The Morgan fingerprint density at radius 1 is 0.277 bits per heavy atom. The van der Waals surface area contributed by atoms with Crippen molar-refractivity contribution in [2.75, 3.05) is 4.90 Å². The summed E-state index contributed by atoms with van der Waals surface area (Å²) in [7, 11) is 0. The largest absolute Gasteiger partial charge is 0.457 e. The first-order valence-corrected chi connectivity index (χ1v) is 22.3. The summed E-state index contributed by atoms with van der Waals surface area (Å²) in [5.41, 5.74) is 16.3. The van der Waals surface area contributed by atoms with Crippen LogP contribution in [0.1, 0.15) is 22.6 Å². The number of hydrogen-bond donors (Lipinski definition) is 0. The normalized spacial score (nSPS) is 12.1. The fraction of sp³-hybridized carbons (Fsp3) is 0.0159. The van der Waals surface area contributed by atoms with Crippen LogP contribution in [-0.4, -0.2) is 0 Å². The first-order chi connectivity index (χ1) is 32.2. The fourth-order valence-corrected chi connectivity index (χ4v) is 9.82. The molecule has 0 atom stereocenters. The van der Waals surface area contributed by atoms with Crippen LogP contribution in [0.2, 0.25) is 0 Å². The van der Waals surface area contributed by atoms with E-state index in [-0.39, 0.29) is 5.92 Å². The Balaban J connectivity index is 1.05. The minimum Gasteiger partial charge on any atom is -0.457 e. The predicted molar refractivity (Wildman–Crippen MR) is 272 cm³/mol. The van der Waals surface area contributed by atoms with E-state index in [2.05, 4.69) is 260 Å². The van der Waals surface area contributed by atoms with Gasteiger partial charge in [-0.25, -0.2) is 0 Å². The average molecular weight is 830 g/mol. The number of ether oxygens (including phenoxy) is 1. The van der Waals surface area contributed by atoms with E-state index in [4.69, 9.17) is 4.74 Å². The van der Waals surface area contributed by atoms with Gasteiger partial charge in [-0.2, -0.15) is 0 Å². The number of fused-ring (bicyclic) bond motifs is 6. The van der Waals surface area contributed by atoms with Crippen LogP contribution >= 0.6 is 0 Å². The van der Waals surface area contributed by atoms with Gasteiger partial charge in [0.25, 0.3) is 0 Å². The maximum Gasteiger partial charge on any atom is 0.132 e. The van der Waals surface area contributed by atoms with E-state index >= 15 is 0 Å². The Bertz CT molecular complexity index is 3260. The molecule has 2 nitrogen and oxygen atoms in total. The van der Waals surface area contributed by atoms with Gasteiger partial charge in [-0.1, -0.05) is 194 Å². The lowest BCUT2D eigenvalue weighted by Crippen LogP contribution is -2.14. The molecular formula is C63H43NO. The summed E-state index contributed by atoms with van der Waals surface area (Å²) in [6.07, 6.45) is 0. The lowest BCUT2D eigenvalue weighted by molar-refractivity contribution is 0.456. The SMILES string of the molecule is c1ccc(-c2ccc(N(c3ccc(-c4ccccc4)cc3)c3cccc(C4c5c(ccc6cc(-c7ccccc7)ccc56)Oc5ccc6cc(-c7ccccc7)ccc6c54)c3)cc2)cc1. The molecule has 0 saturated heterocycles. The highest BCUT2D eigenvalue weighted by atomic mass is 16.5. The molecule has 0 fully saturated rings. The maximum absolute atomic E-state index is 6.98. The molecular weight excluding hydrogens is 787 g/mol. The summed E-state index contributed by atoms with van der Waals surface area (Å²) in [6, 6.07) is 92.1. The van der Waals surface area contributed by atoms with Crippen LogP contribution in [0.4, 0.5) is 17.1 Å². The lowest BCUT2D eigenvalue weighted by atomic mass is 9.78. The molecule has 12 rings (SSSR count). The number of nitrogens with zero attached hydrogens (tertiary/aromatic N) is 1. The molecule has 11 aromatic carbocycles. The number of hydrogen-bond acceptors (Lipinski definition) is 2. The third-order valence-electron chi connectivity index (χ3n) is 13.0. The second-order valence-electron chi connectivity index (χ2n) is 16.8. The molecule has 1 aliphatic heterocycles. The third kappa shape index (κ3) is 7.12. The Kier molecular flexibility index (Phi) is 9.61. The minimum absolute atomic E-state index is 0.131. The van der Waals surface area contributed by atoms with Crippen LogP contribution < -0.4 is 9.64 Å². The first kappa shape index (κ1) is 38.2. The Morgan fingerprint density at radius 2 is 0.662 bits per heavy atom. The van der Waals surface area contributed by atoms with Crippen LogP contribution in [0.5, 0.6) is 11.5 Å². The summed E-state index contributed by atoms with van der Waals surface area (Å²) in [5, 5.41) is 4.74. The zero-order valence-corrected chi connectivity index (χ0v) is 35.7. The van der Waals surface area contributed by atoms with Gasteiger partial charge in [-0.3, -0.25) is 0 Å². The van der Waals surface area contributed by atoms with E-state index in [1.54, 1.807) is 0 Å². The zero-order valence-electron chi connectivity index (χ0n) is 35.7. The first-order valence-electron chi connectivity index (χ1n) is 22.3. The number of benzene rings is 11. The van der Waals surface area contributed by atoms with Crippen molar-refractivity contribution in [3.8, 4) is 56.0 Å². The van der Waals surface area contributed by atoms with Gasteiger partial charge in [-0.05, 0) is 132 Å². The van der Waals surface area contributed by atoms with Crippen molar-refractivity contribution in [2.45, 2.75) is 5.92 Å². The third-order valence-corrected chi connectivity index (χ3v) is 13.0. The van der Waals surface area contributed by atoms with Crippen LogP contribution in [-0.2, 0) is 0 Å². The van der Waals surface area contributed by atoms with Crippen molar-refractivity contribution in [3.63, 3.8) is 0 Å². The molecule has 0 unspecified atom stereocenters. The summed E-state index contributed by atoms with van der Waals surface area (Å²) < 4.78 is 6.98. The number of anilines is 3. The molecule has 0 amide bonds. The van der Waals surface area contributed by atoms with Crippen molar-refractivity contribution in [2.24, 2.45) is 0 Å². The Morgan fingerprint density at radius 3 is 1.09 bits per heavy atom. The van der Waals surface area contributed by atoms with Gasteiger partial charge in [0, 0.05) is 34.1 Å². The molecule has 0 bridgehead atoms. The smallest absolute Gasteiger partial charge is 0.132 e. The van der Waals surface area contributed by atoms with Crippen molar-refractivity contribution in [3.05, 3.63) is 271 Å². The van der Waals surface area contributed by atoms with E-state index in [0.717, 1.165) is 28.6 Å². The van der Waals surface area contributed by atoms with Gasteiger partial charge in [0.2, 0.25) is 0 Å². The molecule has 65 heavy (non-hydrogen) atoms. The molecule has 0 aliphatic carbocycles. The second-order valence-corrected chi connectivity index (χ2v) is 16.8. The van der Waals surface area contributed by atoms with Crippen molar-refractivity contribution < 1.29 is 4.74 Å². The Hall–Kier alpha value is -8.46. The van der Waals surface area contributed by atoms with Gasteiger partial charge in [0.15, 0.2) is 0 Å². The minimum atomic E-state index is -0.131. The predicted octanol–water partition coefficient (Wildman–Crippen LogP) is 17.4. The molecule has 306 valence electrons. The molecule has 2 heteroatoms. The topological polar surface area (TPSA) is 12.5 Å². The average Bonchev–Trinajstić information content (AvgIpc) is 3.39. The summed E-state index contributed by atoms with van der Waals surface area (Å²) in [4.78, 5) is 2.39. The highest BCUT2D eigenvalue weighted by molar-refractivity contribution is 5.98. The number of rotatable bonds is 8. The standard InChI is InChI=1S/C63H43NO/c1-5-14-43(15-6-1)47-24-32-54(33-25-47)64(55-34-26-48(27-35-55)44-16-7-2-8-17-44)56-23-13-22-53(42-56)61-62-57-36-28-49(45-18-9-3-10-19-45)40-51(57)30-38-59(62)65-60-39-31-52-41-50(29-37-58(52)63(60)61)46-20-11-4-12-21-46/h1-42,61H. The second kappa shape index (κ2) is 16.3. The molecule has 0 N–H and O–H groups in total. The van der Waals surface area contributed by atoms with E-state index in [1.165, 1.54) is 82.7 Å². The van der Waals surface area contributed by atoms with Crippen LogP contribution in [0, 0.1) is 0 Å². The fourth-order valence-electron chi connectivity index (χ4n) is 9.82. The van der Waals surface area contributed by atoms with Crippen LogP contribution in [0.3, 0.4) is 0 Å². The molecule has 0 saturated carbocycles. The molecule has 1 aliphatic rings. The van der Waals surface area contributed by atoms with Crippen molar-refractivity contribution in [1.82, 2.24) is 0 Å². The zero-order chi connectivity index (χ0) is 43.1. The van der Waals surface area contributed by atoms with Crippen molar-refractivity contribution in [1.29, 1.82) is 0 Å².